The van der Waals surface area contributed by atoms with Gasteiger partial charge in [0.05, 0.1) is 5.41 Å². The average Bonchev–Trinajstić information content (AvgIpc) is 4.06. The van der Waals surface area contributed by atoms with E-state index in [2.05, 4.69) is 243 Å². The fourth-order valence-electron chi connectivity index (χ4n) is 12.1. The lowest BCUT2D eigenvalue weighted by atomic mass is 9.70. The van der Waals surface area contributed by atoms with Crippen LogP contribution in [0.4, 0.5) is 17.1 Å². The van der Waals surface area contributed by atoms with Gasteiger partial charge in [0.25, 0.3) is 0 Å². The summed E-state index contributed by atoms with van der Waals surface area (Å²) in [7, 11) is 0. The molecule has 0 aliphatic heterocycles. The summed E-state index contributed by atoms with van der Waals surface area (Å²) in [5.74, 6) is 0. The lowest BCUT2D eigenvalue weighted by molar-refractivity contribution is 0.660. The third-order valence-corrected chi connectivity index (χ3v) is 15.1. The van der Waals surface area contributed by atoms with Gasteiger partial charge in [0.1, 0.15) is 11.2 Å². The van der Waals surface area contributed by atoms with Gasteiger partial charge in [-0.25, -0.2) is 0 Å². The van der Waals surface area contributed by atoms with Crippen LogP contribution < -0.4 is 4.90 Å². The second kappa shape index (κ2) is 13.7. The van der Waals surface area contributed by atoms with Gasteiger partial charge in [-0.3, -0.25) is 0 Å². The maximum Gasteiger partial charge on any atom is 0.136 e. The molecule has 0 amide bonds. The highest BCUT2D eigenvalue weighted by Gasteiger charge is 2.52. The number of hydrogen-bond acceptors (Lipinski definition) is 2. The number of para-hydroxylation sites is 1. The molecular weight excluding hydrogens is 799 g/mol. The highest BCUT2D eigenvalue weighted by Crippen LogP contribution is 2.64. The van der Waals surface area contributed by atoms with E-state index in [4.69, 9.17) is 4.42 Å². The molecule has 0 radical (unpaired) electrons. The van der Waals surface area contributed by atoms with Crippen LogP contribution in [-0.2, 0) is 10.8 Å². The van der Waals surface area contributed by atoms with Crippen molar-refractivity contribution in [3.05, 3.63) is 258 Å². The number of anilines is 3. The van der Waals surface area contributed by atoms with E-state index >= 15 is 0 Å². The Morgan fingerprint density at radius 1 is 0.333 bits per heavy atom. The smallest absolute Gasteiger partial charge is 0.136 e. The van der Waals surface area contributed by atoms with Gasteiger partial charge in [-0.05, 0) is 144 Å². The van der Waals surface area contributed by atoms with Gasteiger partial charge in [0.15, 0.2) is 0 Å². The van der Waals surface area contributed by atoms with Gasteiger partial charge in [-0.2, -0.15) is 0 Å². The van der Waals surface area contributed by atoms with Crippen molar-refractivity contribution in [2.75, 3.05) is 4.90 Å². The molecule has 0 fully saturated rings. The van der Waals surface area contributed by atoms with E-state index in [0.717, 1.165) is 33.6 Å². The molecule has 14 rings (SSSR count). The first-order valence-corrected chi connectivity index (χ1v) is 23.1. The Balaban J connectivity index is 0.915. The van der Waals surface area contributed by atoms with Crippen LogP contribution in [0.5, 0.6) is 0 Å². The molecule has 66 heavy (non-hydrogen) atoms. The molecule has 1 atom stereocenters. The maximum atomic E-state index is 6.50. The SMILES string of the molecule is CC1(C)c2ccccc2-c2ccc(N(c3ccc(-c4ccccc4)cc3)c3ccc(-c4ccc5c(c4)C4(c6ccccc6-5)c5ccccc5-c5c4ccc4oc6ccccc6c54)cc3)cc21. The quantitative estimate of drug-likeness (QED) is 0.172. The van der Waals surface area contributed by atoms with E-state index in [-0.39, 0.29) is 5.41 Å². The second-order valence-corrected chi connectivity index (χ2v) is 18.8. The lowest BCUT2D eigenvalue weighted by Crippen LogP contribution is -2.25. The number of furan rings is 1. The van der Waals surface area contributed by atoms with Crippen molar-refractivity contribution in [2.24, 2.45) is 0 Å². The molecule has 10 aromatic carbocycles. The van der Waals surface area contributed by atoms with Crippen LogP contribution in [0.1, 0.15) is 47.2 Å². The van der Waals surface area contributed by atoms with E-state index in [0.29, 0.717) is 0 Å². The number of fused-ring (bicyclic) bond motifs is 17. The molecule has 3 aliphatic rings. The minimum atomic E-state index is -0.482. The number of nitrogens with zero attached hydrogens (tertiary/aromatic N) is 1. The molecule has 0 bridgehead atoms. The molecule has 11 aromatic rings. The van der Waals surface area contributed by atoms with Crippen LogP contribution >= 0.6 is 0 Å². The van der Waals surface area contributed by atoms with E-state index < -0.39 is 5.41 Å². The van der Waals surface area contributed by atoms with Gasteiger partial charge in [-0.1, -0.05) is 184 Å². The molecule has 2 heteroatoms. The molecule has 1 unspecified atom stereocenters. The summed E-state index contributed by atoms with van der Waals surface area (Å²) in [6, 6.07) is 83.1. The van der Waals surface area contributed by atoms with Crippen LogP contribution in [0.3, 0.4) is 0 Å². The first-order chi connectivity index (χ1) is 32.5. The van der Waals surface area contributed by atoms with Crippen molar-refractivity contribution in [2.45, 2.75) is 24.7 Å². The molecule has 1 aromatic heterocycles. The molecule has 3 aliphatic carbocycles. The zero-order valence-corrected chi connectivity index (χ0v) is 36.7. The largest absolute Gasteiger partial charge is 0.456 e. The summed E-state index contributed by atoms with van der Waals surface area (Å²) in [4.78, 5) is 2.42. The van der Waals surface area contributed by atoms with Crippen LogP contribution in [0.2, 0.25) is 0 Å². The highest BCUT2D eigenvalue weighted by atomic mass is 16.3. The third-order valence-electron chi connectivity index (χ3n) is 15.1. The van der Waals surface area contributed by atoms with Crippen molar-refractivity contribution in [3.8, 4) is 55.6 Å². The predicted octanol–water partition coefficient (Wildman–Crippen LogP) is 17.0. The molecular formula is C64H43NO. The molecule has 1 spiro atoms. The van der Waals surface area contributed by atoms with Crippen LogP contribution in [0.25, 0.3) is 77.6 Å². The van der Waals surface area contributed by atoms with E-state index in [9.17, 15) is 0 Å². The zero-order chi connectivity index (χ0) is 43.7. The van der Waals surface area contributed by atoms with Crippen LogP contribution in [0, 0.1) is 0 Å². The zero-order valence-electron chi connectivity index (χ0n) is 36.7. The van der Waals surface area contributed by atoms with Gasteiger partial charge in [0, 0.05) is 33.2 Å². The Labute approximate surface area is 384 Å². The number of hydrogen-bond donors (Lipinski definition) is 0. The van der Waals surface area contributed by atoms with Crippen LogP contribution in [-0.4, -0.2) is 0 Å². The predicted molar refractivity (Wildman–Crippen MR) is 273 cm³/mol. The Bertz CT molecular complexity index is 3780. The van der Waals surface area contributed by atoms with E-state index in [1.807, 2.05) is 0 Å². The van der Waals surface area contributed by atoms with Crippen molar-refractivity contribution in [3.63, 3.8) is 0 Å². The highest BCUT2D eigenvalue weighted by molar-refractivity contribution is 6.16. The Morgan fingerprint density at radius 2 is 0.848 bits per heavy atom. The first kappa shape index (κ1) is 37.2. The summed E-state index contributed by atoms with van der Waals surface area (Å²) in [5, 5.41) is 2.35. The van der Waals surface area contributed by atoms with Gasteiger partial charge >= 0.3 is 0 Å². The van der Waals surface area contributed by atoms with Crippen LogP contribution in [0.15, 0.2) is 229 Å². The van der Waals surface area contributed by atoms with Crippen molar-refractivity contribution >= 4 is 39.0 Å². The third kappa shape index (κ3) is 5.01. The second-order valence-electron chi connectivity index (χ2n) is 18.8. The number of rotatable bonds is 5. The summed E-state index contributed by atoms with van der Waals surface area (Å²) >= 11 is 0. The van der Waals surface area contributed by atoms with E-state index in [1.54, 1.807) is 0 Å². The topological polar surface area (TPSA) is 16.4 Å². The molecule has 0 saturated carbocycles. The minimum absolute atomic E-state index is 0.113. The Hall–Kier alpha value is -8.20. The summed E-state index contributed by atoms with van der Waals surface area (Å²) < 4.78 is 6.50. The normalized spacial score (nSPS) is 15.6. The van der Waals surface area contributed by atoms with Crippen molar-refractivity contribution in [1.82, 2.24) is 0 Å². The molecule has 0 saturated heterocycles. The Kier molecular flexibility index (Phi) is 7.70. The van der Waals surface area contributed by atoms with Gasteiger partial charge < -0.3 is 9.32 Å². The maximum absolute atomic E-state index is 6.50. The average molecular weight is 842 g/mol. The monoisotopic (exact) mass is 841 g/mol. The molecule has 0 N–H and O–H groups in total. The Morgan fingerprint density at radius 3 is 1.59 bits per heavy atom. The standard InChI is InChI=1S/C64H43NO/c1-63(2)53-20-10-6-16-47(53)49-35-33-46(39-57(49)63)65(44-29-24-41(25-30-44)40-14-4-3-5-15-40)45-31-26-42(27-32-45)43-28-34-50-48-17-7-11-21-54(48)64(58(50)38-43)55-22-12-8-18-51(55)61-56(64)36-37-60-62(61)52-19-9-13-23-59(52)66-60/h3-39H,1-2H3. The van der Waals surface area contributed by atoms with E-state index in [1.165, 1.54) is 94.4 Å². The summed E-state index contributed by atoms with van der Waals surface area (Å²) in [6.45, 7) is 4.72. The van der Waals surface area contributed by atoms with Crippen molar-refractivity contribution in [1.29, 1.82) is 0 Å². The number of benzene rings is 10. The molecule has 310 valence electrons. The lowest BCUT2D eigenvalue weighted by Gasteiger charge is -2.30. The summed E-state index contributed by atoms with van der Waals surface area (Å²) in [5.41, 5.74) is 25.2. The minimum Gasteiger partial charge on any atom is -0.456 e. The molecule has 1 heterocycles. The van der Waals surface area contributed by atoms with Gasteiger partial charge in [0.2, 0.25) is 0 Å². The fourth-order valence-corrected chi connectivity index (χ4v) is 12.1. The summed E-state index contributed by atoms with van der Waals surface area (Å²) in [6.07, 6.45) is 0. The van der Waals surface area contributed by atoms with Gasteiger partial charge in [-0.15, -0.1) is 0 Å². The first-order valence-electron chi connectivity index (χ1n) is 23.1. The van der Waals surface area contributed by atoms with Crippen molar-refractivity contribution < 1.29 is 4.42 Å². The fraction of sp³-hybridized carbons (Fsp3) is 0.0625. The molecule has 2 nitrogen and oxygen atoms in total.